The normalized spacial score (nSPS) is 14.9. The molecule has 0 spiro atoms. The van der Waals surface area contributed by atoms with Crippen LogP contribution in [0.25, 0.3) is 0 Å². The molecule has 0 bridgehead atoms. The predicted molar refractivity (Wildman–Crippen MR) is 114 cm³/mol. The van der Waals surface area contributed by atoms with Crippen LogP contribution in [0.2, 0.25) is 0 Å². The highest BCUT2D eigenvalue weighted by atomic mass is 16.1. The van der Waals surface area contributed by atoms with Gasteiger partial charge in [0.05, 0.1) is 12.4 Å². The first kappa shape index (κ1) is 20.1. The minimum Gasteiger partial charge on any atom is -0.369 e. The summed E-state index contributed by atoms with van der Waals surface area (Å²) in [5.74, 6) is 1.07. The van der Waals surface area contributed by atoms with Gasteiger partial charge >= 0.3 is 0 Å². The SMILES string of the molecule is CC(C)CCNc1cnc(C(=O)Nc2ccc(N3CCN(C)CC3)cc2)cn1. The third-order valence-electron chi connectivity index (χ3n) is 4.91. The average Bonchev–Trinajstić information content (AvgIpc) is 2.69. The molecule has 0 saturated carbocycles. The van der Waals surface area contributed by atoms with E-state index in [1.165, 1.54) is 11.9 Å². The van der Waals surface area contributed by atoms with E-state index in [0.29, 0.717) is 17.4 Å². The van der Waals surface area contributed by atoms with Crippen molar-refractivity contribution in [3.05, 3.63) is 42.4 Å². The zero-order valence-corrected chi connectivity index (χ0v) is 17.0. The van der Waals surface area contributed by atoms with Gasteiger partial charge in [-0.25, -0.2) is 9.97 Å². The van der Waals surface area contributed by atoms with Crippen LogP contribution in [0.1, 0.15) is 30.8 Å². The summed E-state index contributed by atoms with van der Waals surface area (Å²) in [6.07, 6.45) is 4.17. The fourth-order valence-corrected chi connectivity index (χ4v) is 3.04. The number of carbonyl (C=O) groups is 1. The van der Waals surface area contributed by atoms with Crippen molar-refractivity contribution in [2.24, 2.45) is 5.92 Å². The molecule has 150 valence electrons. The summed E-state index contributed by atoms with van der Waals surface area (Å²) < 4.78 is 0. The van der Waals surface area contributed by atoms with Crippen LogP contribution in [0, 0.1) is 5.92 Å². The Morgan fingerprint density at radius 3 is 2.39 bits per heavy atom. The third kappa shape index (κ3) is 5.66. The van der Waals surface area contributed by atoms with Gasteiger partial charge in [0.2, 0.25) is 0 Å². The van der Waals surface area contributed by atoms with E-state index in [4.69, 9.17) is 0 Å². The quantitative estimate of drug-likeness (QED) is 0.767. The maximum Gasteiger partial charge on any atom is 0.275 e. The predicted octanol–water partition coefficient (Wildman–Crippen LogP) is 2.94. The van der Waals surface area contributed by atoms with Gasteiger partial charge < -0.3 is 20.4 Å². The number of carbonyl (C=O) groups excluding carboxylic acids is 1. The minimum atomic E-state index is -0.256. The molecule has 1 aliphatic heterocycles. The number of nitrogens with one attached hydrogen (secondary N) is 2. The van der Waals surface area contributed by atoms with E-state index in [9.17, 15) is 4.79 Å². The highest BCUT2D eigenvalue weighted by Crippen LogP contribution is 2.19. The number of nitrogens with zero attached hydrogens (tertiary/aromatic N) is 4. The molecule has 0 atom stereocenters. The van der Waals surface area contributed by atoms with Crippen LogP contribution in [0.15, 0.2) is 36.7 Å². The number of rotatable bonds is 7. The summed E-state index contributed by atoms with van der Waals surface area (Å²) in [7, 11) is 2.15. The Labute approximate surface area is 167 Å². The van der Waals surface area contributed by atoms with Crippen LogP contribution in [-0.4, -0.2) is 60.5 Å². The van der Waals surface area contributed by atoms with Gasteiger partial charge in [-0.3, -0.25) is 4.79 Å². The molecule has 1 saturated heterocycles. The molecule has 1 fully saturated rings. The molecule has 7 nitrogen and oxygen atoms in total. The van der Waals surface area contributed by atoms with Gasteiger partial charge in [-0.05, 0) is 43.7 Å². The van der Waals surface area contributed by atoms with Crippen LogP contribution in [0.3, 0.4) is 0 Å². The Morgan fingerprint density at radius 1 is 1.07 bits per heavy atom. The van der Waals surface area contributed by atoms with Crippen molar-refractivity contribution >= 4 is 23.1 Å². The number of likely N-dealkylation sites (N-methyl/N-ethyl adjacent to an activating group) is 1. The van der Waals surface area contributed by atoms with Gasteiger partial charge in [0.1, 0.15) is 11.5 Å². The van der Waals surface area contributed by atoms with E-state index in [-0.39, 0.29) is 5.91 Å². The maximum absolute atomic E-state index is 12.4. The van der Waals surface area contributed by atoms with Gasteiger partial charge in [-0.1, -0.05) is 13.8 Å². The van der Waals surface area contributed by atoms with E-state index in [0.717, 1.165) is 44.8 Å². The summed E-state index contributed by atoms with van der Waals surface area (Å²) >= 11 is 0. The van der Waals surface area contributed by atoms with Gasteiger partial charge in [-0.2, -0.15) is 0 Å². The number of benzene rings is 1. The number of piperazine rings is 1. The lowest BCUT2D eigenvalue weighted by Crippen LogP contribution is -2.44. The van der Waals surface area contributed by atoms with E-state index in [1.807, 2.05) is 24.3 Å². The lowest BCUT2D eigenvalue weighted by molar-refractivity contribution is 0.102. The molecule has 28 heavy (non-hydrogen) atoms. The van der Waals surface area contributed by atoms with E-state index < -0.39 is 0 Å². The molecule has 1 aromatic heterocycles. The highest BCUT2D eigenvalue weighted by molar-refractivity contribution is 6.02. The summed E-state index contributed by atoms with van der Waals surface area (Å²) in [6, 6.07) is 7.96. The Bertz CT molecular complexity index is 751. The summed E-state index contributed by atoms with van der Waals surface area (Å²) in [6.45, 7) is 9.39. The van der Waals surface area contributed by atoms with Crippen molar-refractivity contribution in [2.45, 2.75) is 20.3 Å². The molecule has 1 aliphatic rings. The largest absolute Gasteiger partial charge is 0.369 e. The van der Waals surface area contributed by atoms with Crippen molar-refractivity contribution in [3.8, 4) is 0 Å². The molecule has 1 amide bonds. The molecule has 2 heterocycles. The van der Waals surface area contributed by atoms with Crippen LogP contribution in [0.4, 0.5) is 17.2 Å². The van der Waals surface area contributed by atoms with Crippen molar-refractivity contribution in [1.29, 1.82) is 0 Å². The third-order valence-corrected chi connectivity index (χ3v) is 4.91. The topological polar surface area (TPSA) is 73.4 Å². The summed E-state index contributed by atoms with van der Waals surface area (Å²) in [5.41, 5.74) is 2.24. The van der Waals surface area contributed by atoms with E-state index >= 15 is 0 Å². The first-order valence-electron chi connectivity index (χ1n) is 9.92. The molecule has 0 unspecified atom stereocenters. The Balaban J connectivity index is 1.52. The standard InChI is InChI=1S/C21H30N6O/c1-16(2)8-9-22-20-15-23-19(14-24-20)21(28)25-17-4-6-18(7-5-17)27-12-10-26(3)11-13-27/h4-7,14-16H,8-13H2,1-3H3,(H,22,24)(H,25,28). The van der Waals surface area contributed by atoms with Crippen molar-refractivity contribution in [1.82, 2.24) is 14.9 Å². The molecule has 7 heteroatoms. The molecule has 3 rings (SSSR count). The number of hydrogen-bond acceptors (Lipinski definition) is 6. The summed E-state index contributed by atoms with van der Waals surface area (Å²) in [4.78, 5) is 25.6. The fourth-order valence-electron chi connectivity index (χ4n) is 3.04. The van der Waals surface area contributed by atoms with Crippen LogP contribution in [0.5, 0.6) is 0 Å². The molecular weight excluding hydrogens is 352 g/mol. The number of hydrogen-bond donors (Lipinski definition) is 2. The number of amides is 1. The molecule has 1 aromatic carbocycles. The lowest BCUT2D eigenvalue weighted by atomic mass is 10.1. The second-order valence-electron chi connectivity index (χ2n) is 7.69. The number of aromatic nitrogens is 2. The van der Waals surface area contributed by atoms with Crippen LogP contribution < -0.4 is 15.5 Å². The van der Waals surface area contributed by atoms with Crippen molar-refractivity contribution in [2.75, 3.05) is 55.3 Å². The zero-order valence-electron chi connectivity index (χ0n) is 17.0. The average molecular weight is 383 g/mol. The molecule has 0 aliphatic carbocycles. The molecule has 2 aromatic rings. The molecule has 0 radical (unpaired) electrons. The van der Waals surface area contributed by atoms with Crippen LogP contribution >= 0.6 is 0 Å². The van der Waals surface area contributed by atoms with E-state index in [1.54, 1.807) is 6.20 Å². The van der Waals surface area contributed by atoms with Crippen LogP contribution in [-0.2, 0) is 0 Å². The molecule has 2 N–H and O–H groups in total. The Morgan fingerprint density at radius 2 is 1.79 bits per heavy atom. The van der Waals surface area contributed by atoms with E-state index in [2.05, 4.69) is 51.3 Å². The van der Waals surface area contributed by atoms with Gasteiger partial charge in [0, 0.05) is 44.1 Å². The minimum absolute atomic E-state index is 0.256. The first-order chi connectivity index (χ1) is 13.5. The lowest BCUT2D eigenvalue weighted by Gasteiger charge is -2.34. The Kier molecular flexibility index (Phi) is 6.81. The summed E-state index contributed by atoms with van der Waals surface area (Å²) in [5, 5.41) is 6.10. The van der Waals surface area contributed by atoms with Gasteiger partial charge in [0.15, 0.2) is 0 Å². The molecular formula is C21H30N6O. The second kappa shape index (κ2) is 9.50. The highest BCUT2D eigenvalue weighted by Gasteiger charge is 2.14. The zero-order chi connectivity index (χ0) is 19.9. The smallest absolute Gasteiger partial charge is 0.275 e. The van der Waals surface area contributed by atoms with Gasteiger partial charge in [-0.15, -0.1) is 0 Å². The Hall–Kier alpha value is -2.67. The van der Waals surface area contributed by atoms with Gasteiger partial charge in [0.25, 0.3) is 5.91 Å². The second-order valence-corrected chi connectivity index (χ2v) is 7.69. The first-order valence-corrected chi connectivity index (χ1v) is 9.92. The number of anilines is 3. The fraction of sp³-hybridized carbons (Fsp3) is 0.476. The maximum atomic E-state index is 12.4. The monoisotopic (exact) mass is 382 g/mol. The van der Waals surface area contributed by atoms with Crippen molar-refractivity contribution in [3.63, 3.8) is 0 Å². The van der Waals surface area contributed by atoms with Crippen molar-refractivity contribution < 1.29 is 4.79 Å².